The van der Waals surface area contributed by atoms with Gasteiger partial charge in [-0.2, -0.15) is 0 Å². The van der Waals surface area contributed by atoms with Crippen LogP contribution >= 0.6 is 0 Å². The van der Waals surface area contributed by atoms with Crippen molar-refractivity contribution >= 4 is 11.6 Å². The summed E-state index contributed by atoms with van der Waals surface area (Å²) in [6.45, 7) is 0. The smallest absolute Gasteiger partial charge is 0.287 e. The zero-order chi connectivity index (χ0) is 15.1. The van der Waals surface area contributed by atoms with Crippen molar-refractivity contribution in [3.05, 3.63) is 42.2 Å². The van der Waals surface area contributed by atoms with Crippen molar-refractivity contribution in [2.45, 2.75) is 37.4 Å². The number of benzene rings is 1. The van der Waals surface area contributed by atoms with Crippen molar-refractivity contribution in [2.24, 2.45) is 0 Å². The zero-order valence-corrected chi connectivity index (χ0v) is 12.2. The minimum atomic E-state index is -0.153. The third kappa shape index (κ3) is 2.27. The number of furan rings is 1. The lowest BCUT2D eigenvalue weighted by Gasteiger charge is -2.20. The van der Waals surface area contributed by atoms with Crippen molar-refractivity contribution in [2.75, 3.05) is 5.73 Å². The topological polar surface area (TPSA) is 80.3 Å². The third-order valence-corrected chi connectivity index (χ3v) is 4.67. The highest BCUT2D eigenvalue weighted by molar-refractivity contribution is 5.92. The summed E-state index contributed by atoms with van der Waals surface area (Å²) in [7, 11) is 0. The van der Waals surface area contributed by atoms with Gasteiger partial charge < -0.3 is 20.8 Å². The fraction of sp³-hybridized carbons (Fsp3) is 0.353. The minimum Gasteiger partial charge on any atom is -0.451 e. The maximum Gasteiger partial charge on any atom is 0.287 e. The van der Waals surface area contributed by atoms with Gasteiger partial charge in [-0.15, -0.1) is 0 Å². The van der Waals surface area contributed by atoms with Gasteiger partial charge in [0.05, 0.1) is 0 Å². The fourth-order valence-corrected chi connectivity index (χ4v) is 3.55. The van der Waals surface area contributed by atoms with Gasteiger partial charge in [-0.1, -0.05) is 12.1 Å². The highest BCUT2D eigenvalue weighted by Crippen LogP contribution is 2.29. The van der Waals surface area contributed by atoms with Crippen LogP contribution in [0.2, 0.25) is 0 Å². The molecular weight excluding hydrogens is 278 g/mol. The number of hydrogen-bond acceptors (Lipinski definition) is 4. The summed E-state index contributed by atoms with van der Waals surface area (Å²) < 4.78 is 5.69. The maximum atomic E-state index is 12.3. The molecule has 114 valence electrons. The Labute approximate surface area is 128 Å². The number of rotatable bonds is 3. The number of nitrogens with two attached hydrogens (primary N) is 1. The van der Waals surface area contributed by atoms with Crippen molar-refractivity contribution in [1.29, 1.82) is 0 Å². The quantitative estimate of drug-likeness (QED) is 0.758. The number of nitrogens with one attached hydrogen (secondary N) is 2. The molecule has 22 heavy (non-hydrogen) atoms. The molecule has 0 saturated carbocycles. The van der Waals surface area contributed by atoms with E-state index in [0.29, 0.717) is 29.3 Å². The van der Waals surface area contributed by atoms with E-state index in [9.17, 15) is 4.79 Å². The Morgan fingerprint density at radius 2 is 2.09 bits per heavy atom. The van der Waals surface area contributed by atoms with Gasteiger partial charge in [0.1, 0.15) is 5.76 Å². The number of fused-ring (bicyclic) bond motifs is 2. The summed E-state index contributed by atoms with van der Waals surface area (Å²) in [5.41, 5.74) is 7.39. The fourth-order valence-electron chi connectivity index (χ4n) is 3.55. The van der Waals surface area contributed by atoms with E-state index in [0.717, 1.165) is 18.4 Å². The first kappa shape index (κ1) is 13.4. The summed E-state index contributed by atoms with van der Waals surface area (Å²) in [6.07, 6.45) is 3.37. The average Bonchev–Trinajstić information content (AvgIpc) is 3.24. The number of para-hydroxylation sites is 1. The SMILES string of the molecule is Nc1ccccc1-c1ccc(C(=O)N[C@@H]2C[C@H]3CC[C@@H]2N3)o1. The molecule has 2 bridgehead atoms. The Morgan fingerprint density at radius 3 is 2.82 bits per heavy atom. The summed E-state index contributed by atoms with van der Waals surface area (Å²) in [4.78, 5) is 12.3. The van der Waals surface area contributed by atoms with E-state index in [1.807, 2.05) is 24.3 Å². The number of carbonyl (C=O) groups is 1. The second-order valence-corrected chi connectivity index (χ2v) is 6.11. The lowest BCUT2D eigenvalue weighted by molar-refractivity contribution is 0.0903. The summed E-state index contributed by atoms with van der Waals surface area (Å²) >= 11 is 0. The van der Waals surface area contributed by atoms with Crippen LogP contribution in [0.25, 0.3) is 11.3 Å². The molecule has 2 aliphatic heterocycles. The standard InChI is InChI=1S/C17H19N3O2/c18-12-4-2-1-3-11(12)15-7-8-16(22-15)17(21)20-14-9-10-5-6-13(14)19-10/h1-4,7-8,10,13-14,19H,5-6,9,18H2,(H,20,21)/t10-,13+,14-/m1/s1. The maximum absolute atomic E-state index is 12.3. The van der Waals surface area contributed by atoms with E-state index in [2.05, 4.69) is 10.6 Å². The van der Waals surface area contributed by atoms with E-state index >= 15 is 0 Å². The molecule has 3 atom stereocenters. The Hall–Kier alpha value is -2.27. The predicted molar refractivity (Wildman–Crippen MR) is 84.4 cm³/mol. The monoisotopic (exact) mass is 297 g/mol. The molecule has 1 amide bonds. The van der Waals surface area contributed by atoms with Gasteiger partial charge in [-0.25, -0.2) is 0 Å². The van der Waals surface area contributed by atoms with Gasteiger partial charge in [0.15, 0.2) is 5.76 Å². The highest BCUT2D eigenvalue weighted by Gasteiger charge is 2.39. The molecule has 1 aromatic heterocycles. The lowest BCUT2D eigenvalue weighted by Crippen LogP contribution is -2.42. The summed E-state index contributed by atoms with van der Waals surface area (Å²) in [6, 6.07) is 12.2. The third-order valence-electron chi connectivity index (χ3n) is 4.67. The van der Waals surface area contributed by atoms with Crippen molar-refractivity contribution in [3.63, 3.8) is 0 Å². The van der Waals surface area contributed by atoms with E-state index in [1.54, 1.807) is 12.1 Å². The average molecular weight is 297 g/mol. The number of amides is 1. The van der Waals surface area contributed by atoms with Crippen LogP contribution in [0.3, 0.4) is 0 Å². The number of nitrogen functional groups attached to an aromatic ring is 1. The van der Waals surface area contributed by atoms with Gasteiger partial charge in [0, 0.05) is 29.4 Å². The normalized spacial score (nSPS) is 26.3. The minimum absolute atomic E-state index is 0.153. The Balaban J connectivity index is 1.49. The van der Waals surface area contributed by atoms with Crippen LogP contribution in [-0.2, 0) is 0 Å². The largest absolute Gasteiger partial charge is 0.451 e. The first-order valence-corrected chi connectivity index (χ1v) is 7.72. The Kier molecular flexibility index (Phi) is 3.15. The molecule has 2 fully saturated rings. The second-order valence-electron chi connectivity index (χ2n) is 6.11. The number of hydrogen-bond donors (Lipinski definition) is 3. The Morgan fingerprint density at radius 1 is 1.23 bits per heavy atom. The van der Waals surface area contributed by atoms with E-state index in [1.165, 1.54) is 6.42 Å². The van der Waals surface area contributed by atoms with Gasteiger partial charge >= 0.3 is 0 Å². The van der Waals surface area contributed by atoms with Gasteiger partial charge in [0.25, 0.3) is 5.91 Å². The predicted octanol–water partition coefficient (Wildman–Crippen LogP) is 2.15. The van der Waals surface area contributed by atoms with Crippen molar-refractivity contribution in [1.82, 2.24) is 10.6 Å². The van der Waals surface area contributed by atoms with Gasteiger partial charge in [-0.3, -0.25) is 4.79 Å². The first-order chi connectivity index (χ1) is 10.7. The van der Waals surface area contributed by atoms with Crippen molar-refractivity contribution < 1.29 is 9.21 Å². The molecule has 2 saturated heterocycles. The Bertz CT molecular complexity index is 709. The molecule has 4 N–H and O–H groups in total. The van der Waals surface area contributed by atoms with E-state index in [-0.39, 0.29) is 11.9 Å². The van der Waals surface area contributed by atoms with Crippen LogP contribution in [0, 0.1) is 0 Å². The zero-order valence-electron chi connectivity index (χ0n) is 12.2. The molecule has 5 nitrogen and oxygen atoms in total. The number of carbonyl (C=O) groups excluding carboxylic acids is 1. The van der Waals surface area contributed by atoms with Crippen LogP contribution < -0.4 is 16.4 Å². The molecular formula is C17H19N3O2. The van der Waals surface area contributed by atoms with E-state index in [4.69, 9.17) is 10.2 Å². The molecule has 1 aromatic carbocycles. The van der Waals surface area contributed by atoms with Gasteiger partial charge in [-0.05, 0) is 43.5 Å². The number of anilines is 1. The van der Waals surface area contributed by atoms with Gasteiger partial charge in [0.2, 0.25) is 0 Å². The van der Waals surface area contributed by atoms with Crippen LogP contribution in [0.5, 0.6) is 0 Å². The molecule has 3 heterocycles. The van der Waals surface area contributed by atoms with Crippen LogP contribution in [0.1, 0.15) is 29.8 Å². The van der Waals surface area contributed by atoms with Crippen molar-refractivity contribution in [3.8, 4) is 11.3 Å². The van der Waals surface area contributed by atoms with Crippen LogP contribution in [0.4, 0.5) is 5.69 Å². The molecule has 0 unspecified atom stereocenters. The summed E-state index contributed by atoms with van der Waals surface area (Å²) in [5, 5.41) is 6.59. The lowest BCUT2D eigenvalue weighted by atomic mass is 9.95. The second kappa shape index (κ2) is 5.18. The molecule has 2 aromatic rings. The van der Waals surface area contributed by atoms with Crippen LogP contribution in [0.15, 0.2) is 40.8 Å². The molecule has 0 spiro atoms. The molecule has 0 radical (unpaired) electrons. The molecule has 0 aliphatic carbocycles. The molecule has 4 rings (SSSR count). The molecule has 2 aliphatic rings. The van der Waals surface area contributed by atoms with Crippen LogP contribution in [-0.4, -0.2) is 24.0 Å². The summed E-state index contributed by atoms with van der Waals surface area (Å²) in [5.74, 6) is 0.801. The molecule has 5 heteroatoms. The van der Waals surface area contributed by atoms with E-state index < -0.39 is 0 Å². The first-order valence-electron chi connectivity index (χ1n) is 7.72. The highest BCUT2D eigenvalue weighted by atomic mass is 16.3.